The summed E-state index contributed by atoms with van der Waals surface area (Å²) in [5.41, 5.74) is 3.33. The minimum atomic E-state index is -0.0432. The second-order valence-corrected chi connectivity index (χ2v) is 4.77. The number of aryl methyl sites for hydroxylation is 2. The summed E-state index contributed by atoms with van der Waals surface area (Å²) in [4.78, 5) is 13.4. The van der Waals surface area contributed by atoms with Crippen molar-refractivity contribution >= 4 is 23.2 Å². The van der Waals surface area contributed by atoms with Gasteiger partial charge in [0.25, 0.3) is 0 Å². The van der Waals surface area contributed by atoms with Gasteiger partial charge < -0.3 is 4.90 Å². The van der Waals surface area contributed by atoms with E-state index >= 15 is 0 Å². The number of carbonyl (C=O) groups excluding carboxylic acids is 1. The highest BCUT2D eigenvalue weighted by atomic mass is 35.5. The Morgan fingerprint density at radius 2 is 1.87 bits per heavy atom. The molecule has 0 spiro atoms. The Morgan fingerprint density at radius 3 is 2.33 bits per heavy atom. The van der Waals surface area contributed by atoms with Crippen LogP contribution in [0.4, 0.5) is 5.69 Å². The van der Waals surface area contributed by atoms with Crippen molar-refractivity contribution in [2.75, 3.05) is 11.4 Å². The first-order chi connectivity index (χ1) is 7.06. The summed E-state index contributed by atoms with van der Waals surface area (Å²) in [6.07, 6.45) is 0.453. The van der Waals surface area contributed by atoms with Gasteiger partial charge in [0.1, 0.15) is 0 Å². The van der Waals surface area contributed by atoms with Gasteiger partial charge in [0.15, 0.2) is 0 Å². The van der Waals surface area contributed by atoms with Gasteiger partial charge in [0, 0.05) is 18.7 Å². The smallest absolute Gasteiger partial charge is 0.228 e. The third-order valence-electron chi connectivity index (χ3n) is 2.60. The van der Waals surface area contributed by atoms with Gasteiger partial charge in [-0.2, -0.15) is 0 Å². The lowest BCUT2D eigenvalue weighted by atomic mass is 10.1. The fourth-order valence-corrected chi connectivity index (χ4v) is 2.29. The van der Waals surface area contributed by atoms with E-state index in [-0.39, 0.29) is 11.3 Å². The van der Waals surface area contributed by atoms with Crippen LogP contribution in [-0.2, 0) is 4.79 Å². The van der Waals surface area contributed by atoms with Crippen molar-refractivity contribution < 1.29 is 4.79 Å². The summed E-state index contributed by atoms with van der Waals surface area (Å²) in [6, 6.07) is 6.15. The molecule has 2 nitrogen and oxygen atoms in total. The Hall–Kier alpha value is -1.02. The van der Waals surface area contributed by atoms with E-state index in [1.54, 1.807) is 4.90 Å². The van der Waals surface area contributed by atoms with Crippen LogP contribution in [0, 0.1) is 13.8 Å². The van der Waals surface area contributed by atoms with Crippen LogP contribution in [0.3, 0.4) is 0 Å². The first-order valence-electron chi connectivity index (χ1n) is 5.09. The second kappa shape index (κ2) is 3.86. The van der Waals surface area contributed by atoms with Crippen molar-refractivity contribution in [2.24, 2.45) is 0 Å². The zero-order chi connectivity index (χ0) is 11.0. The Balaban J connectivity index is 2.33. The van der Waals surface area contributed by atoms with Crippen molar-refractivity contribution in [3.05, 3.63) is 29.3 Å². The lowest BCUT2D eigenvalue weighted by Gasteiger charge is -2.17. The molecule has 0 aliphatic carbocycles. The predicted molar refractivity (Wildman–Crippen MR) is 62.5 cm³/mol. The second-order valence-electron chi connectivity index (χ2n) is 4.15. The van der Waals surface area contributed by atoms with Crippen molar-refractivity contribution in [1.29, 1.82) is 0 Å². The maximum Gasteiger partial charge on any atom is 0.228 e. The number of alkyl halides is 1. The van der Waals surface area contributed by atoms with Crippen molar-refractivity contribution in [1.82, 2.24) is 0 Å². The van der Waals surface area contributed by atoms with E-state index in [1.165, 1.54) is 11.1 Å². The summed E-state index contributed by atoms with van der Waals surface area (Å²) in [5.74, 6) is 0.125. The number of benzene rings is 1. The normalized spacial score (nSPS) is 21.1. The molecule has 1 aromatic carbocycles. The van der Waals surface area contributed by atoms with Crippen LogP contribution in [0.25, 0.3) is 0 Å². The van der Waals surface area contributed by atoms with E-state index in [2.05, 4.69) is 6.07 Å². The Kier molecular flexibility index (Phi) is 2.70. The number of hydrogen-bond donors (Lipinski definition) is 0. The van der Waals surface area contributed by atoms with Gasteiger partial charge in [-0.1, -0.05) is 6.07 Å². The molecule has 1 aromatic rings. The van der Waals surface area contributed by atoms with E-state index < -0.39 is 0 Å². The fourth-order valence-electron chi connectivity index (χ4n) is 2.02. The topological polar surface area (TPSA) is 20.3 Å². The molecule has 15 heavy (non-hydrogen) atoms. The molecule has 0 radical (unpaired) electrons. The van der Waals surface area contributed by atoms with E-state index in [0.717, 1.165) is 5.69 Å². The van der Waals surface area contributed by atoms with E-state index in [4.69, 9.17) is 11.6 Å². The molecule has 2 rings (SSSR count). The lowest BCUT2D eigenvalue weighted by Crippen LogP contribution is -2.24. The Labute approximate surface area is 94.8 Å². The monoisotopic (exact) mass is 223 g/mol. The lowest BCUT2D eigenvalue weighted by molar-refractivity contribution is -0.117. The predicted octanol–water partition coefficient (Wildman–Crippen LogP) is 2.65. The highest BCUT2D eigenvalue weighted by Gasteiger charge is 2.29. The number of amides is 1. The van der Waals surface area contributed by atoms with Gasteiger partial charge in [-0.15, -0.1) is 11.6 Å². The Morgan fingerprint density at radius 1 is 1.27 bits per heavy atom. The quantitative estimate of drug-likeness (QED) is 0.671. The van der Waals surface area contributed by atoms with Gasteiger partial charge in [-0.05, 0) is 37.1 Å². The molecule has 1 atom stereocenters. The zero-order valence-corrected chi connectivity index (χ0v) is 9.71. The standard InChI is InChI=1S/C12H14ClNO/c1-8-3-9(2)5-11(4-8)14-7-10(13)6-12(14)15/h3-5,10H,6-7H2,1-2H3. The molecule has 0 bridgehead atoms. The molecule has 1 aliphatic rings. The third-order valence-corrected chi connectivity index (χ3v) is 2.89. The average molecular weight is 224 g/mol. The number of halogens is 1. The van der Waals surface area contributed by atoms with Gasteiger partial charge >= 0.3 is 0 Å². The Bertz CT molecular complexity index is 382. The van der Waals surface area contributed by atoms with Crippen LogP contribution in [0.15, 0.2) is 18.2 Å². The summed E-state index contributed by atoms with van der Waals surface area (Å²) < 4.78 is 0. The maximum absolute atomic E-state index is 11.6. The number of nitrogens with zero attached hydrogens (tertiary/aromatic N) is 1. The molecule has 0 saturated carbocycles. The minimum Gasteiger partial charge on any atom is -0.311 e. The highest BCUT2D eigenvalue weighted by molar-refractivity contribution is 6.24. The molecule has 0 N–H and O–H groups in total. The van der Waals surface area contributed by atoms with Crippen LogP contribution < -0.4 is 4.90 Å². The van der Waals surface area contributed by atoms with Crippen LogP contribution in [0.1, 0.15) is 17.5 Å². The molecule has 1 heterocycles. The molecule has 0 aromatic heterocycles. The molecular weight excluding hydrogens is 210 g/mol. The fraction of sp³-hybridized carbons (Fsp3) is 0.417. The summed E-state index contributed by atoms with van der Waals surface area (Å²) >= 11 is 5.97. The molecule has 80 valence electrons. The van der Waals surface area contributed by atoms with Crippen LogP contribution in [0.2, 0.25) is 0 Å². The van der Waals surface area contributed by atoms with Crippen LogP contribution >= 0.6 is 11.6 Å². The number of rotatable bonds is 1. The SMILES string of the molecule is Cc1cc(C)cc(N2CC(Cl)CC2=O)c1. The third kappa shape index (κ3) is 2.15. The summed E-state index contributed by atoms with van der Waals surface area (Å²) in [5, 5.41) is -0.0432. The van der Waals surface area contributed by atoms with Crippen molar-refractivity contribution in [3.8, 4) is 0 Å². The van der Waals surface area contributed by atoms with E-state index in [0.29, 0.717) is 13.0 Å². The first-order valence-corrected chi connectivity index (χ1v) is 5.52. The molecule has 1 aliphatic heterocycles. The van der Waals surface area contributed by atoms with Gasteiger partial charge in [-0.25, -0.2) is 0 Å². The number of carbonyl (C=O) groups is 1. The molecule has 1 fully saturated rings. The van der Waals surface area contributed by atoms with Crippen molar-refractivity contribution in [3.63, 3.8) is 0 Å². The van der Waals surface area contributed by atoms with Crippen LogP contribution in [0.5, 0.6) is 0 Å². The van der Waals surface area contributed by atoms with Crippen LogP contribution in [-0.4, -0.2) is 17.8 Å². The molecule has 1 amide bonds. The number of anilines is 1. The summed E-state index contributed by atoms with van der Waals surface area (Å²) in [6.45, 7) is 4.70. The summed E-state index contributed by atoms with van der Waals surface area (Å²) in [7, 11) is 0. The maximum atomic E-state index is 11.6. The first kappa shape index (κ1) is 10.5. The average Bonchev–Trinajstić information content (AvgIpc) is 2.43. The van der Waals surface area contributed by atoms with Crippen molar-refractivity contribution in [2.45, 2.75) is 25.6 Å². The largest absolute Gasteiger partial charge is 0.311 e. The molecule has 1 saturated heterocycles. The van der Waals surface area contributed by atoms with Gasteiger partial charge in [0.2, 0.25) is 5.91 Å². The minimum absolute atomic E-state index is 0.0432. The van der Waals surface area contributed by atoms with Gasteiger partial charge in [-0.3, -0.25) is 4.79 Å². The highest BCUT2D eigenvalue weighted by Crippen LogP contribution is 2.25. The molecule has 3 heteroatoms. The van der Waals surface area contributed by atoms with E-state index in [1.807, 2.05) is 26.0 Å². The zero-order valence-electron chi connectivity index (χ0n) is 8.96. The van der Waals surface area contributed by atoms with Gasteiger partial charge in [0.05, 0.1) is 5.38 Å². The number of hydrogen-bond acceptors (Lipinski definition) is 1. The molecule has 1 unspecified atom stereocenters. The molecular formula is C12H14ClNO. The van der Waals surface area contributed by atoms with E-state index in [9.17, 15) is 4.79 Å².